The molecule has 2 aromatic rings. The van der Waals surface area contributed by atoms with Gasteiger partial charge in [-0.25, -0.2) is 9.78 Å². The molecule has 6 heteroatoms. The molecule has 110 valence electrons. The fraction of sp³-hybridized carbons (Fsp3) is 0.267. The van der Waals surface area contributed by atoms with Crippen LogP contribution >= 0.6 is 0 Å². The number of carbonyl (C=O) groups excluding carboxylic acids is 2. The topological polar surface area (TPSA) is 76.0 Å². The normalized spacial score (nSPS) is 11.7. The Morgan fingerprint density at radius 3 is 2.86 bits per heavy atom. The van der Waals surface area contributed by atoms with Crippen LogP contribution in [0.2, 0.25) is 0 Å². The van der Waals surface area contributed by atoms with E-state index in [1.54, 1.807) is 36.8 Å². The average Bonchev–Trinajstić information content (AvgIpc) is 2.91. The lowest BCUT2D eigenvalue weighted by Gasteiger charge is -2.15. The van der Waals surface area contributed by atoms with Crippen molar-refractivity contribution < 1.29 is 9.59 Å². The summed E-state index contributed by atoms with van der Waals surface area (Å²) in [5.74, 6) is -0.0347. The summed E-state index contributed by atoms with van der Waals surface area (Å²) in [5.41, 5.74) is 1.16. The maximum absolute atomic E-state index is 11.9. The van der Waals surface area contributed by atoms with Crippen LogP contribution in [-0.4, -0.2) is 27.4 Å². The van der Waals surface area contributed by atoms with Gasteiger partial charge in [-0.05, 0) is 26.0 Å². The minimum Gasteiger partial charge on any atom is -0.335 e. The third-order valence-corrected chi connectivity index (χ3v) is 2.95. The summed E-state index contributed by atoms with van der Waals surface area (Å²) < 4.78 is 1.89. The number of benzene rings is 1. The van der Waals surface area contributed by atoms with Crippen LogP contribution in [0.4, 0.5) is 10.5 Å². The molecular formula is C15H18N4O2. The standard InChI is InChI=1S/C15H18N4O2/c1-11(9-19-7-6-16-10-19)17-15(21)18-14-5-3-4-13(8-14)12(2)20/h3-8,10-11H,9H2,1-2H3,(H2,17,18,21). The van der Waals surface area contributed by atoms with E-state index in [2.05, 4.69) is 15.6 Å². The summed E-state index contributed by atoms with van der Waals surface area (Å²) in [6, 6.07) is 6.50. The number of aromatic nitrogens is 2. The molecule has 0 saturated carbocycles. The lowest BCUT2D eigenvalue weighted by molar-refractivity contribution is 0.101. The van der Waals surface area contributed by atoms with Crippen molar-refractivity contribution in [2.45, 2.75) is 26.4 Å². The van der Waals surface area contributed by atoms with Crippen molar-refractivity contribution in [1.29, 1.82) is 0 Å². The van der Waals surface area contributed by atoms with Gasteiger partial charge in [-0.3, -0.25) is 4.79 Å². The van der Waals surface area contributed by atoms with Crippen molar-refractivity contribution in [1.82, 2.24) is 14.9 Å². The van der Waals surface area contributed by atoms with Gasteiger partial charge in [0.15, 0.2) is 5.78 Å². The van der Waals surface area contributed by atoms with E-state index in [4.69, 9.17) is 0 Å². The molecule has 2 rings (SSSR count). The second-order valence-corrected chi connectivity index (χ2v) is 4.90. The van der Waals surface area contributed by atoms with Crippen LogP contribution < -0.4 is 10.6 Å². The Kier molecular flexibility index (Phi) is 4.71. The van der Waals surface area contributed by atoms with Gasteiger partial charge in [-0.1, -0.05) is 12.1 Å². The molecule has 1 unspecified atom stereocenters. The zero-order valence-corrected chi connectivity index (χ0v) is 12.0. The second kappa shape index (κ2) is 6.69. The third kappa shape index (κ3) is 4.45. The number of nitrogens with zero attached hydrogens (tertiary/aromatic N) is 2. The van der Waals surface area contributed by atoms with E-state index in [0.717, 1.165) is 0 Å². The quantitative estimate of drug-likeness (QED) is 0.828. The molecule has 1 aromatic heterocycles. The number of rotatable bonds is 5. The minimum atomic E-state index is -0.302. The van der Waals surface area contributed by atoms with Gasteiger partial charge in [0.05, 0.1) is 6.33 Å². The molecule has 21 heavy (non-hydrogen) atoms. The number of carbonyl (C=O) groups is 2. The van der Waals surface area contributed by atoms with E-state index in [1.165, 1.54) is 6.92 Å². The van der Waals surface area contributed by atoms with E-state index in [0.29, 0.717) is 17.8 Å². The highest BCUT2D eigenvalue weighted by atomic mass is 16.2. The predicted molar refractivity (Wildman–Crippen MR) is 80.3 cm³/mol. The fourth-order valence-corrected chi connectivity index (χ4v) is 1.96. The molecular weight excluding hydrogens is 268 g/mol. The molecule has 0 radical (unpaired) electrons. The van der Waals surface area contributed by atoms with E-state index >= 15 is 0 Å². The van der Waals surface area contributed by atoms with Crippen molar-refractivity contribution in [2.75, 3.05) is 5.32 Å². The summed E-state index contributed by atoms with van der Waals surface area (Å²) in [6.07, 6.45) is 5.24. The number of ketones is 1. The van der Waals surface area contributed by atoms with Gasteiger partial charge in [-0.15, -0.1) is 0 Å². The largest absolute Gasteiger partial charge is 0.335 e. The van der Waals surface area contributed by atoms with Crippen molar-refractivity contribution in [3.8, 4) is 0 Å². The van der Waals surface area contributed by atoms with Crippen LogP contribution in [0.25, 0.3) is 0 Å². The van der Waals surface area contributed by atoms with Gasteiger partial charge in [0.1, 0.15) is 0 Å². The lowest BCUT2D eigenvalue weighted by Crippen LogP contribution is -2.38. The first-order valence-electron chi connectivity index (χ1n) is 6.69. The fourth-order valence-electron chi connectivity index (χ4n) is 1.96. The molecule has 0 saturated heterocycles. The Morgan fingerprint density at radius 2 is 2.19 bits per heavy atom. The number of urea groups is 1. The summed E-state index contributed by atoms with van der Waals surface area (Å²) in [7, 11) is 0. The zero-order valence-electron chi connectivity index (χ0n) is 12.0. The molecule has 0 bridgehead atoms. The molecule has 0 spiro atoms. The molecule has 1 heterocycles. The van der Waals surface area contributed by atoms with Crippen LogP contribution in [0.15, 0.2) is 43.0 Å². The maximum Gasteiger partial charge on any atom is 0.319 e. The van der Waals surface area contributed by atoms with Gasteiger partial charge in [0, 0.05) is 36.2 Å². The first kappa shape index (κ1) is 14.8. The summed E-state index contributed by atoms with van der Waals surface area (Å²) in [6.45, 7) is 4.04. The highest BCUT2D eigenvalue weighted by Gasteiger charge is 2.08. The van der Waals surface area contributed by atoms with E-state index < -0.39 is 0 Å². The van der Waals surface area contributed by atoms with Crippen LogP contribution in [0, 0.1) is 0 Å². The molecule has 6 nitrogen and oxygen atoms in total. The maximum atomic E-state index is 11.9. The SMILES string of the molecule is CC(=O)c1cccc(NC(=O)NC(C)Cn2ccnc2)c1. The van der Waals surface area contributed by atoms with Crippen LogP contribution in [0.5, 0.6) is 0 Å². The smallest absolute Gasteiger partial charge is 0.319 e. The van der Waals surface area contributed by atoms with E-state index in [1.807, 2.05) is 17.7 Å². The molecule has 2 amide bonds. The Balaban J connectivity index is 1.89. The molecule has 0 aliphatic carbocycles. The highest BCUT2D eigenvalue weighted by molar-refractivity contribution is 5.96. The predicted octanol–water partition coefficient (Wildman–Crippen LogP) is 2.30. The van der Waals surface area contributed by atoms with Crippen LogP contribution in [0.3, 0.4) is 0 Å². The number of anilines is 1. The van der Waals surface area contributed by atoms with Gasteiger partial charge in [0.25, 0.3) is 0 Å². The number of hydrogen-bond donors (Lipinski definition) is 2. The number of imidazole rings is 1. The van der Waals surface area contributed by atoms with E-state index in [-0.39, 0.29) is 17.9 Å². The van der Waals surface area contributed by atoms with Gasteiger partial charge in [0.2, 0.25) is 0 Å². The Hall–Kier alpha value is -2.63. The number of Topliss-reactive ketones (excluding diaryl/α,β-unsaturated/α-hetero) is 1. The van der Waals surface area contributed by atoms with Gasteiger partial charge >= 0.3 is 6.03 Å². The summed E-state index contributed by atoms with van der Waals surface area (Å²) >= 11 is 0. The summed E-state index contributed by atoms with van der Waals surface area (Å²) in [5, 5.41) is 5.55. The van der Waals surface area contributed by atoms with Crippen molar-refractivity contribution in [2.24, 2.45) is 0 Å². The molecule has 0 fully saturated rings. The second-order valence-electron chi connectivity index (χ2n) is 4.90. The molecule has 0 aliphatic rings. The van der Waals surface area contributed by atoms with Crippen molar-refractivity contribution in [3.63, 3.8) is 0 Å². The number of amides is 2. The number of nitrogens with one attached hydrogen (secondary N) is 2. The Bertz CT molecular complexity index is 622. The Labute approximate surface area is 123 Å². The molecule has 1 atom stereocenters. The molecule has 0 aliphatic heterocycles. The minimum absolute atomic E-state index is 0.0347. The van der Waals surface area contributed by atoms with Crippen molar-refractivity contribution >= 4 is 17.5 Å². The first-order chi connectivity index (χ1) is 10.0. The van der Waals surface area contributed by atoms with E-state index in [9.17, 15) is 9.59 Å². The van der Waals surface area contributed by atoms with Gasteiger partial charge in [-0.2, -0.15) is 0 Å². The van der Waals surface area contributed by atoms with Crippen molar-refractivity contribution in [3.05, 3.63) is 48.5 Å². The van der Waals surface area contributed by atoms with Gasteiger partial charge < -0.3 is 15.2 Å². The molecule has 2 N–H and O–H groups in total. The molecule has 1 aromatic carbocycles. The van der Waals surface area contributed by atoms with Crippen LogP contribution in [0.1, 0.15) is 24.2 Å². The monoisotopic (exact) mass is 286 g/mol. The summed E-state index contributed by atoms with van der Waals surface area (Å²) in [4.78, 5) is 27.2. The Morgan fingerprint density at radius 1 is 1.38 bits per heavy atom. The van der Waals surface area contributed by atoms with Crippen LogP contribution in [-0.2, 0) is 6.54 Å². The number of hydrogen-bond acceptors (Lipinski definition) is 3. The third-order valence-electron chi connectivity index (χ3n) is 2.95. The zero-order chi connectivity index (χ0) is 15.2. The average molecular weight is 286 g/mol. The highest BCUT2D eigenvalue weighted by Crippen LogP contribution is 2.11. The lowest BCUT2D eigenvalue weighted by atomic mass is 10.1. The first-order valence-corrected chi connectivity index (χ1v) is 6.69.